The Morgan fingerprint density at radius 1 is 1.04 bits per heavy atom. The molecule has 23 heavy (non-hydrogen) atoms. The number of carbonyl (C=O) groups excluding carboxylic acids is 1. The maximum atomic E-state index is 12.4. The lowest BCUT2D eigenvalue weighted by Gasteiger charge is -2.09. The second kappa shape index (κ2) is 6.18. The lowest BCUT2D eigenvalue weighted by atomic mass is 10.0. The van der Waals surface area contributed by atoms with Gasteiger partial charge in [-0.05, 0) is 59.3 Å². The average molecular weight is 328 g/mol. The molecule has 116 valence electrons. The molecule has 0 heterocycles. The Morgan fingerprint density at radius 2 is 1.78 bits per heavy atom. The van der Waals surface area contributed by atoms with E-state index in [0.29, 0.717) is 16.5 Å². The van der Waals surface area contributed by atoms with Crippen molar-refractivity contribution in [2.45, 2.75) is 0 Å². The van der Waals surface area contributed by atoms with Crippen LogP contribution in [0.2, 0.25) is 5.02 Å². The van der Waals surface area contributed by atoms with Crippen LogP contribution in [0, 0.1) is 0 Å². The third kappa shape index (κ3) is 3.22. The van der Waals surface area contributed by atoms with Crippen LogP contribution in [0.3, 0.4) is 0 Å². The maximum Gasteiger partial charge on any atom is 0.259 e. The minimum absolute atomic E-state index is 0.0749. The third-order valence-electron chi connectivity index (χ3n) is 3.51. The van der Waals surface area contributed by atoms with Gasteiger partial charge in [0.15, 0.2) is 0 Å². The van der Waals surface area contributed by atoms with Crippen molar-refractivity contribution in [1.29, 1.82) is 0 Å². The predicted molar refractivity (Wildman–Crippen MR) is 91.6 cm³/mol. The van der Waals surface area contributed by atoms with Gasteiger partial charge in [0.25, 0.3) is 5.91 Å². The van der Waals surface area contributed by atoms with E-state index in [9.17, 15) is 9.90 Å². The molecule has 0 spiro atoms. The van der Waals surface area contributed by atoms with Gasteiger partial charge in [0, 0.05) is 10.7 Å². The summed E-state index contributed by atoms with van der Waals surface area (Å²) in [5.74, 6) is 0.218. The second-order valence-corrected chi connectivity index (χ2v) is 5.48. The number of phenolic OH excluding ortho intramolecular Hbond substituents is 1. The molecule has 0 saturated carbocycles. The molecule has 2 N–H and O–H groups in total. The van der Waals surface area contributed by atoms with Crippen LogP contribution in [0.15, 0.2) is 54.6 Å². The minimum Gasteiger partial charge on any atom is -0.507 e. The summed E-state index contributed by atoms with van der Waals surface area (Å²) in [6.45, 7) is 0. The van der Waals surface area contributed by atoms with Crippen molar-refractivity contribution in [3.05, 3.63) is 65.2 Å². The average Bonchev–Trinajstić information content (AvgIpc) is 2.55. The van der Waals surface area contributed by atoms with Crippen LogP contribution in [0.25, 0.3) is 10.8 Å². The van der Waals surface area contributed by atoms with Gasteiger partial charge in [-0.15, -0.1) is 0 Å². The number of nitrogens with one attached hydrogen (secondary N) is 1. The molecule has 0 aliphatic rings. The van der Waals surface area contributed by atoms with Crippen LogP contribution >= 0.6 is 11.6 Å². The zero-order valence-corrected chi connectivity index (χ0v) is 13.1. The number of hydrogen-bond donors (Lipinski definition) is 2. The highest BCUT2D eigenvalue weighted by Gasteiger charge is 2.13. The molecule has 0 radical (unpaired) electrons. The first kappa shape index (κ1) is 15.2. The van der Waals surface area contributed by atoms with E-state index in [2.05, 4.69) is 5.32 Å². The first-order valence-electron chi connectivity index (χ1n) is 6.94. The Morgan fingerprint density at radius 3 is 2.48 bits per heavy atom. The highest BCUT2D eigenvalue weighted by atomic mass is 35.5. The number of aromatic hydroxyl groups is 1. The molecule has 0 fully saturated rings. The number of fused-ring (bicyclic) bond motifs is 1. The van der Waals surface area contributed by atoms with Crippen molar-refractivity contribution in [3.63, 3.8) is 0 Å². The summed E-state index contributed by atoms with van der Waals surface area (Å²) in [5, 5.41) is 15.1. The summed E-state index contributed by atoms with van der Waals surface area (Å²) in [4.78, 5) is 12.4. The summed E-state index contributed by atoms with van der Waals surface area (Å²) in [7, 11) is 1.58. The lowest BCUT2D eigenvalue weighted by molar-refractivity contribution is 0.102. The molecule has 3 aromatic rings. The number of ether oxygens (including phenoxy) is 1. The van der Waals surface area contributed by atoms with Gasteiger partial charge in [-0.25, -0.2) is 0 Å². The number of phenols is 1. The fourth-order valence-corrected chi connectivity index (χ4v) is 2.43. The molecule has 3 rings (SSSR count). The van der Waals surface area contributed by atoms with Gasteiger partial charge < -0.3 is 15.2 Å². The van der Waals surface area contributed by atoms with E-state index < -0.39 is 5.91 Å². The molecular weight excluding hydrogens is 314 g/mol. The van der Waals surface area contributed by atoms with Crippen LogP contribution in [0.4, 0.5) is 5.69 Å². The zero-order chi connectivity index (χ0) is 16.4. The molecule has 0 aliphatic heterocycles. The monoisotopic (exact) mass is 327 g/mol. The van der Waals surface area contributed by atoms with Crippen molar-refractivity contribution in [2.24, 2.45) is 0 Å². The number of amides is 1. The van der Waals surface area contributed by atoms with E-state index >= 15 is 0 Å². The van der Waals surface area contributed by atoms with E-state index in [1.54, 1.807) is 49.6 Å². The maximum absolute atomic E-state index is 12.4. The molecule has 3 aromatic carbocycles. The number of hydrogen-bond acceptors (Lipinski definition) is 3. The highest BCUT2D eigenvalue weighted by molar-refractivity contribution is 6.30. The Kier molecular flexibility index (Phi) is 4.08. The number of benzene rings is 3. The molecule has 4 nitrogen and oxygen atoms in total. The molecule has 0 saturated heterocycles. The van der Waals surface area contributed by atoms with Crippen LogP contribution in [-0.2, 0) is 0 Å². The molecule has 0 aromatic heterocycles. The number of carbonyl (C=O) groups is 1. The lowest BCUT2D eigenvalue weighted by Crippen LogP contribution is -2.12. The standard InChI is InChI=1S/C18H14ClNO3/c1-23-15-7-2-11-10-17(21)16(9-12(11)8-15)18(22)20-14-5-3-13(19)4-6-14/h2-10,21H,1H3,(H,20,22). The molecule has 0 aliphatic carbocycles. The van der Waals surface area contributed by atoms with Gasteiger partial charge in [-0.1, -0.05) is 17.7 Å². The largest absolute Gasteiger partial charge is 0.507 e. The van der Waals surface area contributed by atoms with Crippen LogP contribution in [0.1, 0.15) is 10.4 Å². The van der Waals surface area contributed by atoms with Gasteiger partial charge >= 0.3 is 0 Å². The molecular formula is C18H14ClNO3. The Bertz CT molecular complexity index is 875. The Hall–Kier alpha value is -2.72. The molecule has 1 amide bonds. The number of methoxy groups -OCH3 is 1. The van der Waals surface area contributed by atoms with Crippen LogP contribution in [-0.4, -0.2) is 18.1 Å². The first-order chi connectivity index (χ1) is 11.1. The fourth-order valence-electron chi connectivity index (χ4n) is 2.30. The molecule has 0 bridgehead atoms. The van der Waals surface area contributed by atoms with Crippen molar-refractivity contribution in [1.82, 2.24) is 0 Å². The van der Waals surface area contributed by atoms with Gasteiger partial charge in [-0.2, -0.15) is 0 Å². The van der Waals surface area contributed by atoms with E-state index in [1.165, 1.54) is 0 Å². The van der Waals surface area contributed by atoms with E-state index in [0.717, 1.165) is 10.8 Å². The van der Waals surface area contributed by atoms with Crippen molar-refractivity contribution < 1.29 is 14.6 Å². The summed E-state index contributed by atoms with van der Waals surface area (Å²) in [6, 6.07) is 15.4. The van der Waals surface area contributed by atoms with Gasteiger partial charge in [0.1, 0.15) is 11.5 Å². The molecule has 0 atom stereocenters. The summed E-state index contributed by atoms with van der Waals surface area (Å²) < 4.78 is 5.18. The number of anilines is 1. The fraction of sp³-hybridized carbons (Fsp3) is 0.0556. The molecule has 5 heteroatoms. The van der Waals surface area contributed by atoms with Gasteiger partial charge in [0.2, 0.25) is 0 Å². The van der Waals surface area contributed by atoms with Crippen LogP contribution in [0.5, 0.6) is 11.5 Å². The Labute approximate surface area is 138 Å². The summed E-state index contributed by atoms with van der Waals surface area (Å²) in [5.41, 5.74) is 0.797. The van der Waals surface area contributed by atoms with Gasteiger partial charge in [-0.3, -0.25) is 4.79 Å². The van der Waals surface area contributed by atoms with E-state index in [1.807, 2.05) is 12.1 Å². The topological polar surface area (TPSA) is 58.6 Å². The summed E-state index contributed by atoms with van der Waals surface area (Å²) >= 11 is 5.82. The smallest absolute Gasteiger partial charge is 0.259 e. The number of halogens is 1. The third-order valence-corrected chi connectivity index (χ3v) is 3.76. The minimum atomic E-state index is -0.394. The SMILES string of the molecule is COc1ccc2cc(O)c(C(=O)Nc3ccc(Cl)cc3)cc2c1. The van der Waals surface area contributed by atoms with Crippen LogP contribution < -0.4 is 10.1 Å². The highest BCUT2D eigenvalue weighted by Crippen LogP contribution is 2.28. The van der Waals surface area contributed by atoms with Crippen molar-refractivity contribution >= 4 is 34.0 Å². The quantitative estimate of drug-likeness (QED) is 0.746. The van der Waals surface area contributed by atoms with E-state index in [-0.39, 0.29) is 11.3 Å². The van der Waals surface area contributed by atoms with Crippen molar-refractivity contribution in [2.75, 3.05) is 12.4 Å². The Balaban J connectivity index is 1.95. The normalized spacial score (nSPS) is 10.5. The summed E-state index contributed by atoms with van der Waals surface area (Å²) in [6.07, 6.45) is 0. The van der Waals surface area contributed by atoms with Crippen molar-refractivity contribution in [3.8, 4) is 11.5 Å². The zero-order valence-electron chi connectivity index (χ0n) is 12.3. The first-order valence-corrected chi connectivity index (χ1v) is 7.32. The van der Waals surface area contributed by atoms with E-state index in [4.69, 9.17) is 16.3 Å². The van der Waals surface area contributed by atoms with Gasteiger partial charge in [0.05, 0.1) is 12.7 Å². The molecule has 0 unspecified atom stereocenters. The second-order valence-electron chi connectivity index (χ2n) is 5.04. The predicted octanol–water partition coefficient (Wildman–Crippen LogP) is 4.46. The number of rotatable bonds is 3.